The number of fused-ring (bicyclic) bond motifs is 1. The van der Waals surface area contributed by atoms with E-state index in [0.29, 0.717) is 13.0 Å². The lowest BCUT2D eigenvalue weighted by atomic mass is 9.83. The van der Waals surface area contributed by atoms with Gasteiger partial charge in [-0.25, -0.2) is 4.79 Å². The third kappa shape index (κ3) is 3.31. The Kier molecular flexibility index (Phi) is 5.88. The summed E-state index contributed by atoms with van der Waals surface area (Å²) < 4.78 is 5.27. The lowest BCUT2D eigenvalue weighted by molar-refractivity contribution is -0.161. The van der Waals surface area contributed by atoms with Gasteiger partial charge in [-0.05, 0) is 32.4 Å². The summed E-state index contributed by atoms with van der Waals surface area (Å²) in [5.74, 6) is -0.987. The number of carbonyl (C=O) groups is 2. The second-order valence-electron chi connectivity index (χ2n) is 5.58. The van der Waals surface area contributed by atoms with E-state index in [1.165, 1.54) is 16.7 Å². The van der Waals surface area contributed by atoms with Gasteiger partial charge in [-0.2, -0.15) is 0 Å². The van der Waals surface area contributed by atoms with Crippen LogP contribution in [0.15, 0.2) is 10.6 Å². The van der Waals surface area contributed by atoms with Gasteiger partial charge >= 0.3 is 5.97 Å². The Morgan fingerprint density at radius 1 is 1.50 bits per heavy atom. The summed E-state index contributed by atoms with van der Waals surface area (Å²) in [6.07, 6.45) is 1.69. The minimum Gasteiger partial charge on any atom is -0.477 e. The molecule has 1 saturated heterocycles. The Bertz CT molecular complexity index is 477. The molecule has 2 heterocycles. The van der Waals surface area contributed by atoms with Crippen molar-refractivity contribution in [1.82, 2.24) is 4.90 Å². The van der Waals surface area contributed by atoms with E-state index in [2.05, 4.69) is 0 Å². The van der Waals surface area contributed by atoms with Crippen molar-refractivity contribution in [3.8, 4) is 0 Å². The van der Waals surface area contributed by atoms with E-state index in [9.17, 15) is 19.8 Å². The first kappa shape index (κ1) is 17.3. The number of carboxylic acids is 1. The van der Waals surface area contributed by atoms with Crippen LogP contribution in [0.25, 0.3) is 0 Å². The highest BCUT2D eigenvalue weighted by molar-refractivity contribution is 8.03. The molecule has 124 valence electrons. The molecule has 0 spiro atoms. The number of β-lactam (4-membered cyclic amide) rings is 1. The fraction of sp³-hybridized carbons (Fsp3) is 0.733. The Hall–Kier alpha value is -1.05. The van der Waals surface area contributed by atoms with Gasteiger partial charge in [0.25, 0.3) is 0 Å². The molecule has 0 radical (unpaired) electrons. The molecule has 2 aliphatic heterocycles. The molecule has 2 aliphatic rings. The lowest BCUT2D eigenvalue weighted by Crippen LogP contribution is -2.61. The van der Waals surface area contributed by atoms with Crippen LogP contribution < -0.4 is 0 Å². The number of rotatable bonds is 9. The molecule has 2 rings (SSSR count). The molecule has 2 N–H and O–H groups in total. The summed E-state index contributed by atoms with van der Waals surface area (Å²) in [6.45, 7) is 4.97. The van der Waals surface area contributed by atoms with E-state index >= 15 is 0 Å². The van der Waals surface area contributed by atoms with Crippen LogP contribution in [-0.2, 0) is 14.3 Å². The molecule has 22 heavy (non-hydrogen) atoms. The average Bonchev–Trinajstić information content (AvgIpc) is 2.77. The normalized spacial score (nSPS) is 25.2. The van der Waals surface area contributed by atoms with Crippen LogP contribution in [0, 0.1) is 5.92 Å². The molecule has 0 aromatic carbocycles. The van der Waals surface area contributed by atoms with E-state index in [-0.39, 0.29) is 17.6 Å². The summed E-state index contributed by atoms with van der Waals surface area (Å²) in [6, 6.07) is -0.190. The number of ether oxygens (including phenoxy) is 1. The number of nitrogens with zero attached hydrogens (tertiary/aromatic N) is 1. The van der Waals surface area contributed by atoms with Crippen LogP contribution >= 0.6 is 11.8 Å². The molecule has 0 saturated carbocycles. The number of carboxylic acid groups (broad SMARTS) is 1. The minimum atomic E-state index is -1.06. The zero-order valence-corrected chi connectivity index (χ0v) is 13.8. The molecule has 6 nitrogen and oxygen atoms in total. The third-order valence-corrected chi connectivity index (χ3v) is 5.26. The zero-order chi connectivity index (χ0) is 16.3. The Balaban J connectivity index is 1.93. The van der Waals surface area contributed by atoms with Crippen molar-refractivity contribution in [2.45, 2.75) is 45.3 Å². The number of unbranched alkanes of at least 4 members (excludes halogenated alkanes) is 1. The van der Waals surface area contributed by atoms with Crippen molar-refractivity contribution in [2.75, 3.05) is 19.0 Å². The smallest absolute Gasteiger partial charge is 0.353 e. The number of thioether (sulfide) groups is 1. The highest BCUT2D eigenvalue weighted by atomic mass is 32.2. The van der Waals surface area contributed by atoms with E-state index in [4.69, 9.17) is 4.74 Å². The summed E-state index contributed by atoms with van der Waals surface area (Å²) in [4.78, 5) is 25.6. The fourth-order valence-corrected chi connectivity index (χ4v) is 4.21. The van der Waals surface area contributed by atoms with Gasteiger partial charge in [-0.3, -0.25) is 4.79 Å². The molecule has 0 bridgehead atoms. The Morgan fingerprint density at radius 2 is 2.23 bits per heavy atom. The summed E-state index contributed by atoms with van der Waals surface area (Å²) >= 11 is 1.51. The van der Waals surface area contributed by atoms with Crippen LogP contribution in [0.5, 0.6) is 0 Å². The van der Waals surface area contributed by atoms with Crippen molar-refractivity contribution >= 4 is 23.6 Å². The quantitative estimate of drug-likeness (QED) is 0.492. The average molecular weight is 329 g/mol. The van der Waals surface area contributed by atoms with Gasteiger partial charge in [0.1, 0.15) is 5.70 Å². The molecule has 1 amide bonds. The van der Waals surface area contributed by atoms with Crippen LogP contribution in [0.3, 0.4) is 0 Å². The molecule has 7 heteroatoms. The van der Waals surface area contributed by atoms with Crippen molar-refractivity contribution in [1.29, 1.82) is 0 Å². The molecule has 0 aliphatic carbocycles. The number of aliphatic hydroxyl groups excluding tert-OH is 1. The maximum absolute atomic E-state index is 12.0. The number of hydrogen-bond donors (Lipinski definition) is 2. The minimum absolute atomic E-state index is 0.113. The van der Waals surface area contributed by atoms with Gasteiger partial charge in [-0.1, -0.05) is 0 Å². The molecule has 0 aromatic heterocycles. The third-order valence-electron chi connectivity index (χ3n) is 4.05. The lowest BCUT2D eigenvalue weighted by Gasteiger charge is -2.44. The first-order valence-electron chi connectivity index (χ1n) is 7.67. The summed E-state index contributed by atoms with van der Waals surface area (Å²) in [5, 5.41) is 19.0. The fourth-order valence-electron chi connectivity index (χ4n) is 3.01. The number of aliphatic hydroxyl groups is 1. The van der Waals surface area contributed by atoms with Gasteiger partial charge in [0, 0.05) is 24.5 Å². The van der Waals surface area contributed by atoms with E-state index in [1.54, 1.807) is 6.92 Å². The van der Waals surface area contributed by atoms with Crippen molar-refractivity contribution in [2.24, 2.45) is 5.92 Å². The monoisotopic (exact) mass is 329 g/mol. The van der Waals surface area contributed by atoms with Crippen molar-refractivity contribution in [3.63, 3.8) is 0 Å². The molecule has 1 fully saturated rings. The highest BCUT2D eigenvalue weighted by Gasteiger charge is 2.56. The predicted molar refractivity (Wildman–Crippen MR) is 83.3 cm³/mol. The SMILES string of the molecule is CCOCCCCSC1=C(C(=O)O)N2C(=O)C(C(C)O)C2C1. The topological polar surface area (TPSA) is 87.1 Å². The van der Waals surface area contributed by atoms with Gasteiger partial charge < -0.3 is 19.8 Å². The maximum atomic E-state index is 12.0. The van der Waals surface area contributed by atoms with E-state index in [1.807, 2.05) is 6.92 Å². The molecule has 0 aromatic rings. The summed E-state index contributed by atoms with van der Waals surface area (Å²) in [7, 11) is 0. The molecule has 3 unspecified atom stereocenters. The van der Waals surface area contributed by atoms with Gasteiger partial charge in [-0.15, -0.1) is 11.8 Å². The summed E-state index contributed by atoms with van der Waals surface area (Å²) in [5.41, 5.74) is 0.113. The molecular weight excluding hydrogens is 306 g/mol. The number of hydrogen-bond acceptors (Lipinski definition) is 5. The number of aliphatic carboxylic acids is 1. The van der Waals surface area contributed by atoms with Crippen LogP contribution in [-0.4, -0.2) is 58.1 Å². The van der Waals surface area contributed by atoms with Gasteiger partial charge in [0.15, 0.2) is 0 Å². The van der Waals surface area contributed by atoms with Crippen LogP contribution in [0.2, 0.25) is 0 Å². The molecule has 3 atom stereocenters. The van der Waals surface area contributed by atoms with Gasteiger partial charge in [0.2, 0.25) is 5.91 Å². The maximum Gasteiger partial charge on any atom is 0.353 e. The largest absolute Gasteiger partial charge is 0.477 e. The van der Waals surface area contributed by atoms with Crippen molar-refractivity contribution < 1.29 is 24.5 Å². The van der Waals surface area contributed by atoms with Crippen LogP contribution in [0.4, 0.5) is 0 Å². The highest BCUT2D eigenvalue weighted by Crippen LogP contribution is 2.47. The number of amides is 1. The second kappa shape index (κ2) is 7.48. The Labute approximate surface area is 134 Å². The first-order chi connectivity index (χ1) is 10.5. The van der Waals surface area contributed by atoms with Crippen LogP contribution in [0.1, 0.15) is 33.1 Å². The van der Waals surface area contributed by atoms with E-state index < -0.39 is 18.0 Å². The Morgan fingerprint density at radius 3 is 2.82 bits per heavy atom. The standard InChI is InChI=1S/C15H23NO5S/c1-3-21-6-4-5-7-22-11-8-10-12(9(2)17)14(18)16(10)13(11)15(19)20/h9-10,12,17H,3-8H2,1-2H3,(H,19,20). The predicted octanol–water partition coefficient (Wildman–Crippen LogP) is 1.44. The zero-order valence-electron chi connectivity index (χ0n) is 12.9. The van der Waals surface area contributed by atoms with E-state index in [0.717, 1.165) is 30.1 Å². The first-order valence-corrected chi connectivity index (χ1v) is 8.65. The van der Waals surface area contributed by atoms with Crippen molar-refractivity contribution in [3.05, 3.63) is 10.6 Å². The van der Waals surface area contributed by atoms with Gasteiger partial charge in [0.05, 0.1) is 18.1 Å². The second-order valence-corrected chi connectivity index (χ2v) is 6.77. The number of carbonyl (C=O) groups excluding carboxylic acids is 1. The molecular formula is C15H23NO5S.